The number of nitrogens with one attached hydrogen (secondary N) is 2. The van der Waals surface area contributed by atoms with Gasteiger partial charge in [-0.1, -0.05) is 37.6 Å². The summed E-state index contributed by atoms with van der Waals surface area (Å²) in [5, 5.41) is 6.95. The molecule has 0 aliphatic carbocycles. The van der Waals surface area contributed by atoms with Crippen LogP contribution in [0.2, 0.25) is 5.02 Å². The Kier molecular flexibility index (Phi) is 6.58. The van der Waals surface area contributed by atoms with Crippen molar-refractivity contribution in [3.8, 4) is 11.5 Å². The molecule has 0 aromatic heterocycles. The van der Waals surface area contributed by atoms with Gasteiger partial charge < -0.3 is 20.1 Å². The zero-order valence-electron chi connectivity index (χ0n) is 15.6. The van der Waals surface area contributed by atoms with Gasteiger partial charge in [-0.15, -0.1) is 0 Å². The van der Waals surface area contributed by atoms with Crippen molar-refractivity contribution in [1.82, 2.24) is 5.32 Å². The molecule has 144 valence electrons. The van der Waals surface area contributed by atoms with Crippen molar-refractivity contribution in [2.75, 3.05) is 25.1 Å². The minimum Gasteiger partial charge on any atom is -0.490 e. The van der Waals surface area contributed by atoms with Crippen molar-refractivity contribution >= 4 is 23.2 Å². The van der Waals surface area contributed by atoms with Gasteiger partial charge in [0.15, 0.2) is 11.5 Å². The zero-order chi connectivity index (χ0) is 19.2. The summed E-state index contributed by atoms with van der Waals surface area (Å²) < 4.78 is 11.3. The lowest BCUT2D eigenvalue weighted by Gasteiger charge is -2.23. The molecule has 0 saturated heterocycles. The smallest absolute Gasteiger partial charge is 0.238 e. The highest BCUT2D eigenvalue weighted by Gasteiger charge is 2.17. The number of fused-ring (bicyclic) bond motifs is 1. The number of carbonyl (C=O) groups is 1. The highest BCUT2D eigenvalue weighted by molar-refractivity contribution is 6.30. The van der Waals surface area contributed by atoms with Crippen LogP contribution in [0.4, 0.5) is 5.69 Å². The number of amides is 1. The van der Waals surface area contributed by atoms with E-state index in [2.05, 4.69) is 24.5 Å². The summed E-state index contributed by atoms with van der Waals surface area (Å²) in [7, 11) is 0. The van der Waals surface area contributed by atoms with E-state index in [1.54, 1.807) is 6.07 Å². The van der Waals surface area contributed by atoms with Crippen LogP contribution in [-0.4, -0.2) is 25.7 Å². The van der Waals surface area contributed by atoms with E-state index in [1.165, 1.54) is 0 Å². The average molecular weight is 389 g/mol. The lowest BCUT2D eigenvalue weighted by atomic mass is 9.96. The van der Waals surface area contributed by atoms with Gasteiger partial charge >= 0.3 is 0 Å². The second-order valence-electron chi connectivity index (χ2n) is 6.91. The van der Waals surface area contributed by atoms with Gasteiger partial charge in [0, 0.05) is 29.2 Å². The molecule has 1 aliphatic heterocycles. The summed E-state index contributed by atoms with van der Waals surface area (Å²) in [5.41, 5.74) is 1.80. The number of rotatable bonds is 6. The lowest BCUT2D eigenvalue weighted by Crippen LogP contribution is -2.33. The van der Waals surface area contributed by atoms with E-state index < -0.39 is 0 Å². The predicted octanol–water partition coefficient (Wildman–Crippen LogP) is 4.43. The predicted molar refractivity (Wildman–Crippen MR) is 108 cm³/mol. The molecule has 0 saturated carbocycles. The van der Waals surface area contributed by atoms with Crippen molar-refractivity contribution in [3.05, 3.63) is 53.1 Å². The topological polar surface area (TPSA) is 59.6 Å². The first-order valence-electron chi connectivity index (χ1n) is 9.21. The monoisotopic (exact) mass is 388 g/mol. The summed E-state index contributed by atoms with van der Waals surface area (Å²) in [5.74, 6) is 1.60. The lowest BCUT2D eigenvalue weighted by molar-refractivity contribution is -0.115. The fourth-order valence-corrected chi connectivity index (χ4v) is 3.18. The number of ether oxygens (including phenoxy) is 2. The summed E-state index contributed by atoms with van der Waals surface area (Å²) >= 11 is 5.97. The molecule has 1 unspecified atom stereocenters. The maximum atomic E-state index is 12.4. The van der Waals surface area contributed by atoms with Crippen LogP contribution in [0, 0.1) is 5.92 Å². The van der Waals surface area contributed by atoms with Crippen molar-refractivity contribution in [2.45, 2.75) is 26.3 Å². The van der Waals surface area contributed by atoms with E-state index >= 15 is 0 Å². The number of anilines is 1. The van der Waals surface area contributed by atoms with Crippen LogP contribution in [0.5, 0.6) is 11.5 Å². The number of carbonyl (C=O) groups excluding carboxylic acids is 1. The van der Waals surface area contributed by atoms with Gasteiger partial charge in [0.05, 0.1) is 19.8 Å². The van der Waals surface area contributed by atoms with E-state index in [1.807, 2.05) is 36.4 Å². The molecule has 0 radical (unpaired) electrons. The maximum absolute atomic E-state index is 12.4. The average Bonchev–Trinajstić information content (AvgIpc) is 2.88. The molecular formula is C21H25ClN2O3. The molecule has 0 fully saturated rings. The molecule has 1 amide bonds. The molecule has 2 N–H and O–H groups in total. The Bertz CT molecular complexity index is 777. The Balaban J connectivity index is 1.60. The normalized spacial score (nSPS) is 14.5. The first kappa shape index (κ1) is 19.5. The Morgan fingerprint density at radius 3 is 2.48 bits per heavy atom. The van der Waals surface area contributed by atoms with Gasteiger partial charge in [0.25, 0.3) is 0 Å². The molecule has 2 aromatic rings. The number of benzene rings is 2. The highest BCUT2D eigenvalue weighted by atomic mass is 35.5. The Morgan fingerprint density at radius 2 is 1.78 bits per heavy atom. The van der Waals surface area contributed by atoms with Crippen LogP contribution >= 0.6 is 11.6 Å². The third-order valence-corrected chi connectivity index (χ3v) is 4.66. The number of halogens is 1. The number of hydrogen-bond acceptors (Lipinski definition) is 4. The molecule has 27 heavy (non-hydrogen) atoms. The molecule has 0 bridgehead atoms. The van der Waals surface area contributed by atoms with E-state index in [4.69, 9.17) is 21.1 Å². The van der Waals surface area contributed by atoms with Gasteiger partial charge in [-0.2, -0.15) is 0 Å². The Hall–Kier alpha value is -2.24. The molecule has 2 aromatic carbocycles. The summed E-state index contributed by atoms with van der Waals surface area (Å²) in [6, 6.07) is 13.2. The van der Waals surface area contributed by atoms with E-state index in [9.17, 15) is 4.79 Å². The molecular weight excluding hydrogens is 364 g/mol. The maximum Gasteiger partial charge on any atom is 0.238 e. The third kappa shape index (κ3) is 5.37. The Labute approximate surface area is 165 Å². The van der Waals surface area contributed by atoms with Crippen molar-refractivity contribution < 1.29 is 14.3 Å². The first-order valence-corrected chi connectivity index (χ1v) is 9.59. The van der Waals surface area contributed by atoms with Crippen LogP contribution in [-0.2, 0) is 4.79 Å². The summed E-state index contributed by atoms with van der Waals surface area (Å²) in [6.45, 7) is 5.70. The molecule has 3 rings (SSSR count). The quantitative estimate of drug-likeness (QED) is 0.768. The van der Waals surface area contributed by atoms with Gasteiger partial charge in [0.1, 0.15) is 0 Å². The van der Waals surface area contributed by atoms with Crippen molar-refractivity contribution in [3.63, 3.8) is 0 Å². The number of hydrogen-bond donors (Lipinski definition) is 2. The molecule has 6 heteroatoms. The fourth-order valence-electron chi connectivity index (χ4n) is 3.06. The largest absolute Gasteiger partial charge is 0.490 e. The van der Waals surface area contributed by atoms with Crippen LogP contribution in [0.25, 0.3) is 0 Å². The van der Waals surface area contributed by atoms with Crippen LogP contribution in [0.3, 0.4) is 0 Å². The third-order valence-electron chi connectivity index (χ3n) is 4.41. The SMILES string of the molecule is CC(C)C(NCC(=O)Nc1ccc2c(c1)OCCCO2)c1ccc(Cl)cc1. The van der Waals surface area contributed by atoms with Gasteiger partial charge in [0.2, 0.25) is 5.91 Å². The van der Waals surface area contributed by atoms with Crippen molar-refractivity contribution in [2.24, 2.45) is 5.92 Å². The fraction of sp³-hybridized carbons (Fsp3) is 0.381. The van der Waals surface area contributed by atoms with Gasteiger partial charge in [-0.05, 0) is 35.7 Å². The molecule has 1 atom stereocenters. The molecule has 0 spiro atoms. The van der Waals surface area contributed by atoms with E-state index in [-0.39, 0.29) is 18.5 Å². The second-order valence-corrected chi connectivity index (χ2v) is 7.35. The van der Waals surface area contributed by atoms with Crippen molar-refractivity contribution in [1.29, 1.82) is 0 Å². The summed E-state index contributed by atoms with van der Waals surface area (Å²) in [6.07, 6.45) is 0.849. The first-order chi connectivity index (χ1) is 13.0. The molecule has 1 heterocycles. The minimum atomic E-state index is -0.107. The van der Waals surface area contributed by atoms with E-state index in [0.29, 0.717) is 41.3 Å². The summed E-state index contributed by atoms with van der Waals surface area (Å²) in [4.78, 5) is 12.4. The Morgan fingerprint density at radius 1 is 1.07 bits per heavy atom. The zero-order valence-corrected chi connectivity index (χ0v) is 16.4. The van der Waals surface area contributed by atoms with Crippen LogP contribution in [0.15, 0.2) is 42.5 Å². The van der Waals surface area contributed by atoms with Crippen LogP contribution in [0.1, 0.15) is 31.9 Å². The highest BCUT2D eigenvalue weighted by Crippen LogP contribution is 2.32. The second kappa shape index (κ2) is 9.11. The van der Waals surface area contributed by atoms with Gasteiger partial charge in [-0.3, -0.25) is 4.79 Å². The van der Waals surface area contributed by atoms with Gasteiger partial charge in [-0.25, -0.2) is 0 Å². The minimum absolute atomic E-state index is 0.0665. The standard InChI is InChI=1S/C21H25ClN2O3/c1-14(2)21(15-4-6-16(22)7-5-15)23-13-20(25)24-17-8-9-18-19(12-17)27-11-3-10-26-18/h4-9,12,14,21,23H,3,10-11,13H2,1-2H3,(H,24,25). The molecule has 1 aliphatic rings. The molecule has 5 nitrogen and oxygen atoms in total. The van der Waals surface area contributed by atoms with Crippen LogP contribution < -0.4 is 20.1 Å². The van der Waals surface area contributed by atoms with E-state index in [0.717, 1.165) is 12.0 Å².